The number of benzene rings is 2. The number of ether oxygens (including phenoxy) is 1. The zero-order chi connectivity index (χ0) is 19.9. The van der Waals surface area contributed by atoms with Crippen molar-refractivity contribution >= 4 is 22.4 Å². The number of amides is 1. The lowest BCUT2D eigenvalue weighted by Crippen LogP contribution is -2.15. The van der Waals surface area contributed by atoms with Crippen molar-refractivity contribution in [1.29, 1.82) is 0 Å². The molecular weight excluding hydrogens is 368 g/mol. The molecular formula is C23H26N2O2S. The number of nitrogens with one attached hydrogen (secondary N) is 1. The average molecular weight is 395 g/mol. The van der Waals surface area contributed by atoms with Crippen molar-refractivity contribution in [2.45, 2.75) is 40.0 Å². The molecule has 146 valence electrons. The monoisotopic (exact) mass is 394 g/mol. The molecule has 1 N–H and O–H groups in total. The maximum atomic E-state index is 12.2. The SMILES string of the molecule is CCCc1ccc(-c2csc(NC(=O)CCOc3cc(C)ccc3C)n2)cc1. The summed E-state index contributed by atoms with van der Waals surface area (Å²) in [6.45, 7) is 6.54. The molecule has 4 nitrogen and oxygen atoms in total. The van der Waals surface area contributed by atoms with Crippen LogP contribution in [0.4, 0.5) is 5.13 Å². The number of anilines is 1. The summed E-state index contributed by atoms with van der Waals surface area (Å²) < 4.78 is 5.75. The highest BCUT2D eigenvalue weighted by Gasteiger charge is 2.09. The minimum atomic E-state index is -0.0931. The molecule has 1 amide bonds. The summed E-state index contributed by atoms with van der Waals surface area (Å²) in [5, 5.41) is 5.45. The standard InChI is InChI=1S/C23H26N2O2S/c1-4-5-18-8-10-19(11-9-18)20-15-28-23(24-20)25-22(26)12-13-27-21-14-16(2)6-7-17(21)3/h6-11,14-15H,4-5,12-13H2,1-3H3,(H,24,25,26). The molecule has 0 saturated carbocycles. The summed E-state index contributed by atoms with van der Waals surface area (Å²) in [6, 6.07) is 14.5. The van der Waals surface area contributed by atoms with Crippen LogP contribution in [0.15, 0.2) is 47.8 Å². The van der Waals surface area contributed by atoms with Crippen LogP contribution in [-0.2, 0) is 11.2 Å². The summed E-state index contributed by atoms with van der Waals surface area (Å²) in [6.07, 6.45) is 2.51. The van der Waals surface area contributed by atoms with Gasteiger partial charge < -0.3 is 10.1 Å². The fraction of sp³-hybridized carbons (Fsp3) is 0.304. The van der Waals surface area contributed by atoms with Crippen LogP contribution in [0.5, 0.6) is 5.75 Å². The first-order chi connectivity index (χ1) is 13.5. The van der Waals surface area contributed by atoms with Crippen molar-refractivity contribution in [3.05, 3.63) is 64.5 Å². The number of carbonyl (C=O) groups excluding carboxylic acids is 1. The van der Waals surface area contributed by atoms with Crippen LogP contribution in [0.1, 0.15) is 36.5 Å². The Bertz CT molecular complexity index is 932. The summed E-state index contributed by atoms with van der Waals surface area (Å²) in [7, 11) is 0. The van der Waals surface area contributed by atoms with E-state index < -0.39 is 0 Å². The molecule has 0 aliphatic heterocycles. The fourth-order valence-corrected chi connectivity index (χ4v) is 3.63. The molecule has 1 heterocycles. The second-order valence-electron chi connectivity index (χ2n) is 6.90. The van der Waals surface area contributed by atoms with Gasteiger partial charge in [-0.1, -0.05) is 49.7 Å². The molecule has 2 aromatic carbocycles. The van der Waals surface area contributed by atoms with Crippen LogP contribution in [0.2, 0.25) is 0 Å². The first kappa shape index (κ1) is 20.1. The van der Waals surface area contributed by atoms with E-state index in [0.29, 0.717) is 11.7 Å². The van der Waals surface area contributed by atoms with Gasteiger partial charge in [-0.3, -0.25) is 4.79 Å². The molecule has 0 saturated heterocycles. The number of aromatic nitrogens is 1. The van der Waals surface area contributed by atoms with E-state index >= 15 is 0 Å². The van der Waals surface area contributed by atoms with Crippen molar-refractivity contribution < 1.29 is 9.53 Å². The molecule has 0 radical (unpaired) electrons. The number of carbonyl (C=O) groups is 1. The van der Waals surface area contributed by atoms with Gasteiger partial charge in [0.1, 0.15) is 5.75 Å². The van der Waals surface area contributed by atoms with Crippen LogP contribution >= 0.6 is 11.3 Å². The zero-order valence-corrected chi connectivity index (χ0v) is 17.4. The third-order valence-electron chi connectivity index (χ3n) is 4.47. The molecule has 0 spiro atoms. The van der Waals surface area contributed by atoms with Crippen molar-refractivity contribution in [2.24, 2.45) is 0 Å². The van der Waals surface area contributed by atoms with E-state index in [1.165, 1.54) is 16.9 Å². The molecule has 0 atom stereocenters. The van der Waals surface area contributed by atoms with Gasteiger partial charge in [-0.15, -0.1) is 11.3 Å². The van der Waals surface area contributed by atoms with E-state index in [4.69, 9.17) is 4.74 Å². The van der Waals surface area contributed by atoms with Gasteiger partial charge in [0.25, 0.3) is 0 Å². The fourth-order valence-electron chi connectivity index (χ4n) is 2.89. The van der Waals surface area contributed by atoms with Gasteiger partial charge in [-0.2, -0.15) is 0 Å². The lowest BCUT2D eigenvalue weighted by atomic mass is 10.1. The Kier molecular flexibility index (Phi) is 6.82. The molecule has 0 unspecified atom stereocenters. The molecule has 0 fully saturated rings. The minimum absolute atomic E-state index is 0.0931. The summed E-state index contributed by atoms with van der Waals surface area (Å²) >= 11 is 1.44. The lowest BCUT2D eigenvalue weighted by Gasteiger charge is -2.09. The van der Waals surface area contributed by atoms with E-state index in [9.17, 15) is 4.79 Å². The highest BCUT2D eigenvalue weighted by molar-refractivity contribution is 7.14. The Morgan fingerprint density at radius 1 is 1.14 bits per heavy atom. The lowest BCUT2D eigenvalue weighted by molar-refractivity contribution is -0.116. The third-order valence-corrected chi connectivity index (χ3v) is 5.23. The topological polar surface area (TPSA) is 51.2 Å². The zero-order valence-electron chi connectivity index (χ0n) is 16.6. The first-order valence-electron chi connectivity index (χ1n) is 9.60. The van der Waals surface area contributed by atoms with Crippen LogP contribution in [0.3, 0.4) is 0 Å². The second-order valence-corrected chi connectivity index (χ2v) is 7.76. The molecule has 1 aromatic heterocycles. The Hall–Kier alpha value is -2.66. The maximum absolute atomic E-state index is 12.2. The molecule has 3 aromatic rings. The van der Waals surface area contributed by atoms with E-state index in [1.54, 1.807) is 0 Å². The van der Waals surface area contributed by atoms with E-state index in [1.807, 2.05) is 37.4 Å². The van der Waals surface area contributed by atoms with E-state index in [2.05, 4.69) is 41.5 Å². The minimum Gasteiger partial charge on any atom is -0.493 e. The van der Waals surface area contributed by atoms with Gasteiger partial charge in [0.05, 0.1) is 18.7 Å². The predicted molar refractivity (Wildman–Crippen MR) is 116 cm³/mol. The Balaban J connectivity index is 1.51. The predicted octanol–water partition coefficient (Wildman–Crippen LogP) is 5.79. The summed E-state index contributed by atoms with van der Waals surface area (Å²) in [5.74, 6) is 0.736. The van der Waals surface area contributed by atoms with Crippen LogP contribution < -0.4 is 10.1 Å². The van der Waals surface area contributed by atoms with E-state index in [0.717, 1.165) is 41.0 Å². The van der Waals surface area contributed by atoms with Crippen molar-refractivity contribution in [2.75, 3.05) is 11.9 Å². The van der Waals surface area contributed by atoms with Gasteiger partial charge in [0.2, 0.25) is 5.91 Å². The molecule has 0 aliphatic rings. The molecule has 0 bridgehead atoms. The highest BCUT2D eigenvalue weighted by atomic mass is 32.1. The Labute approximate surface area is 170 Å². The van der Waals surface area contributed by atoms with Gasteiger partial charge in [0, 0.05) is 10.9 Å². The smallest absolute Gasteiger partial charge is 0.229 e. The average Bonchev–Trinajstić information content (AvgIpc) is 3.14. The van der Waals surface area contributed by atoms with Gasteiger partial charge >= 0.3 is 0 Å². The normalized spacial score (nSPS) is 10.7. The van der Waals surface area contributed by atoms with E-state index in [-0.39, 0.29) is 12.3 Å². The Morgan fingerprint density at radius 2 is 1.93 bits per heavy atom. The van der Waals surface area contributed by atoms with Crippen molar-refractivity contribution in [1.82, 2.24) is 4.98 Å². The summed E-state index contributed by atoms with van der Waals surface area (Å²) in [5.41, 5.74) is 5.49. The highest BCUT2D eigenvalue weighted by Crippen LogP contribution is 2.25. The summed E-state index contributed by atoms with van der Waals surface area (Å²) in [4.78, 5) is 16.7. The molecule has 0 aliphatic carbocycles. The van der Waals surface area contributed by atoms with Crippen molar-refractivity contribution in [3.63, 3.8) is 0 Å². The molecule has 5 heteroatoms. The Morgan fingerprint density at radius 3 is 2.68 bits per heavy atom. The quantitative estimate of drug-likeness (QED) is 0.526. The van der Waals surface area contributed by atoms with Crippen LogP contribution in [0, 0.1) is 13.8 Å². The molecule has 3 rings (SSSR count). The maximum Gasteiger partial charge on any atom is 0.229 e. The largest absolute Gasteiger partial charge is 0.493 e. The first-order valence-corrected chi connectivity index (χ1v) is 10.5. The number of nitrogens with zero attached hydrogens (tertiary/aromatic N) is 1. The van der Waals surface area contributed by atoms with Crippen LogP contribution in [-0.4, -0.2) is 17.5 Å². The number of thiazole rings is 1. The van der Waals surface area contributed by atoms with Gasteiger partial charge in [-0.25, -0.2) is 4.98 Å². The number of aryl methyl sites for hydroxylation is 3. The number of rotatable bonds is 8. The number of hydrogen-bond donors (Lipinski definition) is 1. The van der Waals surface area contributed by atoms with Crippen LogP contribution in [0.25, 0.3) is 11.3 Å². The third kappa shape index (κ3) is 5.42. The number of hydrogen-bond acceptors (Lipinski definition) is 4. The van der Waals surface area contributed by atoms with Gasteiger partial charge in [-0.05, 0) is 43.0 Å². The van der Waals surface area contributed by atoms with Crippen molar-refractivity contribution in [3.8, 4) is 17.0 Å². The van der Waals surface area contributed by atoms with Gasteiger partial charge in [0.15, 0.2) is 5.13 Å². The second kappa shape index (κ2) is 9.51. The molecule has 28 heavy (non-hydrogen) atoms.